The van der Waals surface area contributed by atoms with Crippen molar-refractivity contribution in [1.82, 2.24) is 9.80 Å². The number of thiophene rings is 1. The molecule has 0 bridgehead atoms. The van der Waals surface area contributed by atoms with E-state index in [1.807, 2.05) is 11.3 Å². The summed E-state index contributed by atoms with van der Waals surface area (Å²) in [6.45, 7) is 6.38. The molecule has 1 spiro atoms. The summed E-state index contributed by atoms with van der Waals surface area (Å²) in [5.74, 6) is 0.374. The smallest absolute Gasteiger partial charge is 0.223 e. The fraction of sp³-hybridized carbons (Fsp3) is 0.688. The lowest BCUT2D eigenvalue weighted by Gasteiger charge is -2.37. The van der Waals surface area contributed by atoms with E-state index in [9.17, 15) is 4.79 Å². The minimum Gasteiger partial charge on any atom is -0.337 e. The zero-order valence-electron chi connectivity index (χ0n) is 12.3. The molecule has 1 atom stereocenters. The van der Waals surface area contributed by atoms with Gasteiger partial charge in [-0.2, -0.15) is 0 Å². The van der Waals surface area contributed by atoms with E-state index >= 15 is 0 Å². The highest BCUT2D eigenvalue weighted by Crippen LogP contribution is 2.39. The Labute approximate surface area is 125 Å². The minimum atomic E-state index is 0.177. The minimum absolute atomic E-state index is 0.177. The molecule has 2 aliphatic rings. The first-order chi connectivity index (χ1) is 9.73. The zero-order valence-corrected chi connectivity index (χ0v) is 13.1. The Morgan fingerprint density at radius 1 is 1.30 bits per heavy atom. The van der Waals surface area contributed by atoms with Gasteiger partial charge in [-0.15, -0.1) is 11.3 Å². The van der Waals surface area contributed by atoms with Crippen LogP contribution in [0.2, 0.25) is 0 Å². The van der Waals surface area contributed by atoms with Gasteiger partial charge >= 0.3 is 0 Å². The molecule has 4 heteroatoms. The quantitative estimate of drug-likeness (QED) is 0.854. The van der Waals surface area contributed by atoms with E-state index < -0.39 is 0 Å². The van der Waals surface area contributed by atoms with E-state index in [-0.39, 0.29) is 5.54 Å². The van der Waals surface area contributed by atoms with E-state index in [0.29, 0.717) is 5.91 Å². The van der Waals surface area contributed by atoms with Crippen LogP contribution in [0.1, 0.15) is 43.9 Å². The number of hydrogen-bond donors (Lipinski definition) is 0. The van der Waals surface area contributed by atoms with Crippen LogP contribution in [0.3, 0.4) is 0 Å². The molecule has 2 aliphatic heterocycles. The first-order valence-corrected chi connectivity index (χ1v) is 8.67. The van der Waals surface area contributed by atoms with Gasteiger partial charge in [0.05, 0.1) is 0 Å². The van der Waals surface area contributed by atoms with Gasteiger partial charge in [0, 0.05) is 36.5 Å². The molecule has 1 aromatic rings. The van der Waals surface area contributed by atoms with Crippen molar-refractivity contribution in [1.29, 1.82) is 0 Å². The van der Waals surface area contributed by atoms with Crippen molar-refractivity contribution in [3.8, 4) is 0 Å². The van der Waals surface area contributed by atoms with Gasteiger partial charge < -0.3 is 4.90 Å². The van der Waals surface area contributed by atoms with Gasteiger partial charge in [0.25, 0.3) is 0 Å². The summed E-state index contributed by atoms with van der Waals surface area (Å²) < 4.78 is 0. The van der Waals surface area contributed by atoms with E-state index in [1.165, 1.54) is 24.3 Å². The highest BCUT2D eigenvalue weighted by atomic mass is 32.1. The lowest BCUT2D eigenvalue weighted by Crippen LogP contribution is -2.46. The summed E-state index contributed by atoms with van der Waals surface area (Å²) in [6.07, 6.45) is 5.39. The van der Waals surface area contributed by atoms with E-state index in [0.717, 1.165) is 38.9 Å². The van der Waals surface area contributed by atoms with E-state index in [2.05, 4.69) is 34.2 Å². The molecule has 0 radical (unpaired) electrons. The van der Waals surface area contributed by atoms with Crippen molar-refractivity contribution < 1.29 is 4.79 Å². The third-order valence-corrected chi connectivity index (χ3v) is 5.82. The molecular formula is C16H24N2OS. The van der Waals surface area contributed by atoms with Crippen LogP contribution in [0.5, 0.6) is 0 Å². The monoisotopic (exact) mass is 292 g/mol. The summed E-state index contributed by atoms with van der Waals surface area (Å²) in [5, 5.41) is 2.16. The largest absolute Gasteiger partial charge is 0.337 e. The van der Waals surface area contributed by atoms with Gasteiger partial charge in [-0.25, -0.2) is 0 Å². The van der Waals surface area contributed by atoms with Crippen LogP contribution in [-0.2, 0) is 11.3 Å². The van der Waals surface area contributed by atoms with Crippen molar-refractivity contribution >= 4 is 17.2 Å². The van der Waals surface area contributed by atoms with Crippen LogP contribution in [0.4, 0.5) is 0 Å². The van der Waals surface area contributed by atoms with Crippen molar-refractivity contribution in [2.45, 2.75) is 51.1 Å². The predicted octanol–water partition coefficient (Wildman–Crippen LogP) is 3.12. The Bertz CT molecular complexity index is 459. The number of likely N-dealkylation sites (tertiary alicyclic amines) is 2. The number of rotatable bonds is 3. The number of amides is 1. The summed E-state index contributed by atoms with van der Waals surface area (Å²) in [6, 6.07) is 4.36. The summed E-state index contributed by atoms with van der Waals surface area (Å²) >= 11 is 1.85. The van der Waals surface area contributed by atoms with Crippen molar-refractivity contribution in [3.05, 3.63) is 22.4 Å². The Kier molecular flexibility index (Phi) is 4.13. The number of carbonyl (C=O) groups excluding carboxylic acids is 1. The van der Waals surface area contributed by atoms with Crippen LogP contribution in [0.15, 0.2) is 17.5 Å². The highest BCUT2D eigenvalue weighted by molar-refractivity contribution is 7.09. The van der Waals surface area contributed by atoms with Gasteiger partial charge in [0.15, 0.2) is 0 Å². The van der Waals surface area contributed by atoms with Crippen LogP contribution >= 0.6 is 11.3 Å². The Hall–Kier alpha value is -0.870. The number of carbonyl (C=O) groups is 1. The fourth-order valence-electron chi connectivity index (χ4n) is 3.92. The molecular weight excluding hydrogens is 268 g/mol. The molecule has 0 saturated carbocycles. The van der Waals surface area contributed by atoms with Gasteiger partial charge in [-0.3, -0.25) is 9.69 Å². The second-order valence-electron chi connectivity index (χ2n) is 6.07. The third-order valence-electron chi connectivity index (χ3n) is 4.96. The Balaban J connectivity index is 1.66. The molecule has 3 heterocycles. The van der Waals surface area contributed by atoms with E-state index in [1.54, 1.807) is 0 Å². The van der Waals surface area contributed by atoms with Gasteiger partial charge in [-0.05, 0) is 50.6 Å². The Morgan fingerprint density at radius 3 is 2.95 bits per heavy atom. The summed E-state index contributed by atoms with van der Waals surface area (Å²) in [5.41, 5.74) is 0.177. The lowest BCUT2D eigenvalue weighted by atomic mass is 9.88. The number of hydrogen-bond acceptors (Lipinski definition) is 3. The maximum atomic E-state index is 12.0. The molecule has 110 valence electrons. The predicted molar refractivity (Wildman–Crippen MR) is 82.8 cm³/mol. The van der Waals surface area contributed by atoms with E-state index in [4.69, 9.17) is 0 Å². The second kappa shape index (κ2) is 5.86. The Morgan fingerprint density at radius 2 is 2.20 bits per heavy atom. The molecule has 2 fully saturated rings. The molecule has 3 rings (SSSR count). The zero-order chi connectivity index (χ0) is 14.0. The summed E-state index contributed by atoms with van der Waals surface area (Å²) in [7, 11) is 0. The van der Waals surface area contributed by atoms with Gasteiger partial charge in [-0.1, -0.05) is 6.07 Å². The van der Waals surface area contributed by atoms with Gasteiger partial charge in [0.1, 0.15) is 0 Å². The molecule has 2 saturated heterocycles. The van der Waals surface area contributed by atoms with Crippen molar-refractivity contribution in [3.63, 3.8) is 0 Å². The topological polar surface area (TPSA) is 23.6 Å². The molecule has 0 N–H and O–H groups in total. The standard InChI is InChI=1S/C16H24N2OS/c1-2-18-15(19)6-8-16(18)7-4-10-17(11-9-16)13-14-5-3-12-20-14/h3,5,12H,2,4,6-11,13H2,1H3/t16-/m0/s1. The average Bonchev–Trinajstić information content (AvgIpc) is 2.99. The molecule has 1 amide bonds. The fourth-order valence-corrected chi connectivity index (χ4v) is 4.67. The van der Waals surface area contributed by atoms with Crippen LogP contribution < -0.4 is 0 Å². The first kappa shape index (κ1) is 14.1. The molecule has 3 nitrogen and oxygen atoms in total. The van der Waals surface area contributed by atoms with Crippen LogP contribution in [0, 0.1) is 0 Å². The molecule has 0 aromatic carbocycles. The molecule has 0 aliphatic carbocycles. The van der Waals surface area contributed by atoms with Crippen molar-refractivity contribution in [2.75, 3.05) is 19.6 Å². The van der Waals surface area contributed by atoms with Crippen molar-refractivity contribution in [2.24, 2.45) is 0 Å². The third kappa shape index (κ3) is 2.63. The number of nitrogens with zero attached hydrogens (tertiary/aromatic N) is 2. The summed E-state index contributed by atoms with van der Waals surface area (Å²) in [4.78, 5) is 18.2. The van der Waals surface area contributed by atoms with Crippen LogP contribution in [0.25, 0.3) is 0 Å². The average molecular weight is 292 g/mol. The molecule has 1 aromatic heterocycles. The van der Waals surface area contributed by atoms with Gasteiger partial charge in [0.2, 0.25) is 5.91 Å². The second-order valence-corrected chi connectivity index (χ2v) is 7.10. The highest BCUT2D eigenvalue weighted by Gasteiger charge is 2.44. The van der Waals surface area contributed by atoms with Crippen LogP contribution in [-0.4, -0.2) is 40.9 Å². The first-order valence-electron chi connectivity index (χ1n) is 7.79. The lowest BCUT2D eigenvalue weighted by molar-refractivity contribution is -0.131. The SMILES string of the molecule is CCN1C(=O)CC[C@]12CCCN(Cc1cccs1)CC2. The maximum Gasteiger partial charge on any atom is 0.223 e. The maximum absolute atomic E-state index is 12.0. The molecule has 0 unspecified atom stereocenters. The normalized spacial score (nSPS) is 28.2. The molecule has 20 heavy (non-hydrogen) atoms.